The summed E-state index contributed by atoms with van der Waals surface area (Å²) < 4.78 is 1.56. The molecule has 0 radical (unpaired) electrons. The molecule has 4 aromatic rings. The molecule has 144 valence electrons. The maximum absolute atomic E-state index is 12.9. The predicted octanol–water partition coefficient (Wildman–Crippen LogP) is 3.06. The van der Waals surface area contributed by atoms with Crippen LogP contribution in [-0.4, -0.2) is 27.0 Å². The molecule has 0 saturated heterocycles. The maximum Gasteiger partial charge on any atom is 0.265 e. The zero-order valence-corrected chi connectivity index (χ0v) is 16.0. The van der Waals surface area contributed by atoms with Crippen molar-refractivity contribution in [3.8, 4) is 5.69 Å². The third-order valence-electron chi connectivity index (χ3n) is 4.72. The molecular weight excluding hydrogens is 364 g/mol. The number of hydrogen-bond donors (Lipinski definition) is 1. The third-order valence-corrected chi connectivity index (χ3v) is 4.72. The van der Waals surface area contributed by atoms with Crippen LogP contribution in [0.1, 0.15) is 21.9 Å². The fourth-order valence-corrected chi connectivity index (χ4v) is 3.26. The van der Waals surface area contributed by atoms with Gasteiger partial charge in [-0.05, 0) is 55.5 Å². The Balaban J connectivity index is 1.51. The minimum Gasteiger partial charge on any atom is -0.352 e. The molecule has 2 aromatic carbocycles. The fraction of sp³-hybridized carbons (Fsp3) is 0.130. The second-order valence-corrected chi connectivity index (χ2v) is 6.69. The zero-order valence-electron chi connectivity index (χ0n) is 16.0. The standard InChI is InChI=1S/C23H20N4O2/c1-16-26-21-8-3-2-7-20(21)23(29)27(16)19-11-9-17(10-12-19)22(28)25-15-13-18-6-4-5-14-24-18/h2-12,14H,13,15H2,1H3,(H,25,28). The van der Waals surface area contributed by atoms with E-state index in [9.17, 15) is 9.59 Å². The summed E-state index contributed by atoms with van der Waals surface area (Å²) in [6, 6.07) is 19.9. The Kier molecular flexibility index (Phi) is 5.16. The first-order valence-corrected chi connectivity index (χ1v) is 9.40. The van der Waals surface area contributed by atoms with E-state index in [4.69, 9.17) is 0 Å². The van der Waals surface area contributed by atoms with Gasteiger partial charge in [0.2, 0.25) is 0 Å². The lowest BCUT2D eigenvalue weighted by atomic mass is 10.1. The Hall–Kier alpha value is -3.80. The number of rotatable bonds is 5. The molecular formula is C23H20N4O2. The number of benzene rings is 2. The Morgan fingerprint density at radius 2 is 1.76 bits per heavy atom. The number of carbonyl (C=O) groups excluding carboxylic acids is 1. The van der Waals surface area contributed by atoms with Crippen molar-refractivity contribution in [3.63, 3.8) is 0 Å². The highest BCUT2D eigenvalue weighted by atomic mass is 16.1. The molecule has 0 aliphatic carbocycles. The lowest BCUT2D eigenvalue weighted by Crippen LogP contribution is -2.26. The van der Waals surface area contributed by atoms with Crippen LogP contribution in [0.4, 0.5) is 0 Å². The monoisotopic (exact) mass is 384 g/mol. The molecule has 0 unspecified atom stereocenters. The summed E-state index contributed by atoms with van der Waals surface area (Å²) in [5.41, 5.74) is 2.70. The van der Waals surface area contributed by atoms with Crippen molar-refractivity contribution >= 4 is 16.8 Å². The number of fused-ring (bicyclic) bond motifs is 1. The second kappa shape index (κ2) is 8.06. The average molecular weight is 384 g/mol. The number of aryl methyl sites for hydroxylation is 1. The lowest BCUT2D eigenvalue weighted by Gasteiger charge is -2.11. The van der Waals surface area contributed by atoms with Gasteiger partial charge >= 0.3 is 0 Å². The Morgan fingerprint density at radius 3 is 2.52 bits per heavy atom. The van der Waals surface area contributed by atoms with Crippen molar-refractivity contribution in [2.24, 2.45) is 0 Å². The molecule has 0 bridgehead atoms. The summed E-state index contributed by atoms with van der Waals surface area (Å²) in [6.45, 7) is 2.30. The summed E-state index contributed by atoms with van der Waals surface area (Å²) in [6.07, 6.45) is 2.41. The predicted molar refractivity (Wildman–Crippen MR) is 112 cm³/mol. The molecule has 0 spiro atoms. The van der Waals surface area contributed by atoms with E-state index in [2.05, 4.69) is 15.3 Å². The molecule has 29 heavy (non-hydrogen) atoms. The number of para-hydroxylation sites is 1. The van der Waals surface area contributed by atoms with Gasteiger partial charge in [-0.1, -0.05) is 18.2 Å². The molecule has 2 heterocycles. The van der Waals surface area contributed by atoms with E-state index < -0.39 is 0 Å². The highest BCUT2D eigenvalue weighted by molar-refractivity contribution is 5.94. The number of nitrogens with one attached hydrogen (secondary N) is 1. The van der Waals surface area contributed by atoms with Gasteiger partial charge in [-0.2, -0.15) is 0 Å². The fourth-order valence-electron chi connectivity index (χ4n) is 3.26. The van der Waals surface area contributed by atoms with Gasteiger partial charge in [0.15, 0.2) is 0 Å². The van der Waals surface area contributed by atoms with Gasteiger partial charge in [0.1, 0.15) is 5.82 Å². The van der Waals surface area contributed by atoms with Crippen molar-refractivity contribution in [1.82, 2.24) is 19.9 Å². The molecule has 1 amide bonds. The SMILES string of the molecule is Cc1nc2ccccc2c(=O)n1-c1ccc(C(=O)NCCc2ccccn2)cc1. The molecule has 0 atom stereocenters. The van der Waals surface area contributed by atoms with Crippen LogP contribution in [0.3, 0.4) is 0 Å². The molecule has 0 saturated carbocycles. The van der Waals surface area contributed by atoms with Crippen molar-refractivity contribution in [2.75, 3.05) is 6.54 Å². The molecule has 0 aliphatic rings. The minimum atomic E-state index is -0.159. The van der Waals surface area contributed by atoms with Crippen LogP contribution >= 0.6 is 0 Å². The quantitative estimate of drug-likeness (QED) is 0.574. The Labute approximate surface area is 167 Å². The maximum atomic E-state index is 12.9. The van der Waals surface area contributed by atoms with Gasteiger partial charge in [0.05, 0.1) is 16.6 Å². The largest absolute Gasteiger partial charge is 0.352 e. The van der Waals surface area contributed by atoms with E-state index >= 15 is 0 Å². The van der Waals surface area contributed by atoms with Crippen molar-refractivity contribution in [1.29, 1.82) is 0 Å². The number of amides is 1. The summed E-state index contributed by atoms with van der Waals surface area (Å²) in [5, 5.41) is 3.46. The van der Waals surface area contributed by atoms with Crippen molar-refractivity contribution < 1.29 is 4.79 Å². The van der Waals surface area contributed by atoms with Crippen LogP contribution in [0.5, 0.6) is 0 Å². The first-order valence-electron chi connectivity index (χ1n) is 9.40. The van der Waals surface area contributed by atoms with Gasteiger partial charge in [-0.15, -0.1) is 0 Å². The van der Waals surface area contributed by atoms with Crippen LogP contribution in [-0.2, 0) is 6.42 Å². The number of carbonyl (C=O) groups is 1. The highest BCUT2D eigenvalue weighted by Crippen LogP contribution is 2.13. The molecule has 0 fully saturated rings. The van der Waals surface area contributed by atoms with E-state index in [0.717, 1.165) is 5.69 Å². The molecule has 2 aromatic heterocycles. The Bertz CT molecular complexity index is 1220. The number of pyridine rings is 1. The highest BCUT2D eigenvalue weighted by Gasteiger charge is 2.11. The van der Waals surface area contributed by atoms with Gasteiger partial charge in [-0.25, -0.2) is 4.98 Å². The molecule has 0 aliphatic heterocycles. The Morgan fingerprint density at radius 1 is 1.00 bits per heavy atom. The summed E-state index contributed by atoms with van der Waals surface area (Å²) in [4.78, 5) is 34.0. The lowest BCUT2D eigenvalue weighted by molar-refractivity contribution is 0.0954. The first-order chi connectivity index (χ1) is 14.1. The van der Waals surface area contributed by atoms with E-state index in [1.807, 2.05) is 36.4 Å². The third kappa shape index (κ3) is 3.91. The molecule has 1 N–H and O–H groups in total. The smallest absolute Gasteiger partial charge is 0.265 e. The summed E-state index contributed by atoms with van der Waals surface area (Å²) >= 11 is 0. The van der Waals surface area contributed by atoms with Gasteiger partial charge in [0, 0.05) is 30.4 Å². The molecule has 6 heteroatoms. The number of nitrogens with zero attached hydrogens (tertiary/aromatic N) is 3. The van der Waals surface area contributed by atoms with Gasteiger partial charge in [0.25, 0.3) is 11.5 Å². The summed E-state index contributed by atoms with van der Waals surface area (Å²) in [7, 11) is 0. The summed E-state index contributed by atoms with van der Waals surface area (Å²) in [5.74, 6) is 0.439. The van der Waals surface area contributed by atoms with Crippen LogP contribution in [0.15, 0.2) is 77.7 Å². The van der Waals surface area contributed by atoms with E-state index in [1.165, 1.54) is 0 Å². The number of hydrogen-bond acceptors (Lipinski definition) is 4. The zero-order chi connectivity index (χ0) is 20.2. The van der Waals surface area contributed by atoms with Crippen LogP contribution in [0, 0.1) is 6.92 Å². The van der Waals surface area contributed by atoms with Gasteiger partial charge < -0.3 is 5.32 Å². The van der Waals surface area contributed by atoms with E-state index in [1.54, 1.807) is 48.0 Å². The minimum absolute atomic E-state index is 0.124. The first kappa shape index (κ1) is 18.6. The average Bonchev–Trinajstić information content (AvgIpc) is 2.75. The second-order valence-electron chi connectivity index (χ2n) is 6.69. The normalized spacial score (nSPS) is 10.8. The van der Waals surface area contributed by atoms with Crippen molar-refractivity contribution in [3.05, 3.63) is 100 Å². The van der Waals surface area contributed by atoms with Crippen LogP contribution in [0.25, 0.3) is 16.6 Å². The van der Waals surface area contributed by atoms with Gasteiger partial charge in [-0.3, -0.25) is 19.1 Å². The molecule has 6 nitrogen and oxygen atoms in total. The van der Waals surface area contributed by atoms with E-state index in [-0.39, 0.29) is 11.5 Å². The molecule has 4 rings (SSSR count). The topological polar surface area (TPSA) is 76.9 Å². The number of aromatic nitrogens is 3. The van der Waals surface area contributed by atoms with E-state index in [0.29, 0.717) is 40.9 Å². The van der Waals surface area contributed by atoms with Crippen LogP contribution < -0.4 is 10.9 Å². The van der Waals surface area contributed by atoms with Crippen LogP contribution in [0.2, 0.25) is 0 Å². The van der Waals surface area contributed by atoms with Crippen molar-refractivity contribution in [2.45, 2.75) is 13.3 Å².